The van der Waals surface area contributed by atoms with Crippen molar-refractivity contribution in [2.24, 2.45) is 0 Å². The second-order valence-corrected chi connectivity index (χ2v) is 6.26. The standard InChI is InChI=1S/C15H20N4O4/c1-15(2,3)23-14(20)18-8-5-10(6-9-18)11-4-7-17-13(16)12(11)19(21)22/h4-5,7H,6,8-9H2,1-3H3,(H2,16,17). The largest absolute Gasteiger partial charge is 0.444 e. The van der Waals surface area contributed by atoms with Crippen molar-refractivity contribution in [3.05, 3.63) is 34.0 Å². The second kappa shape index (κ2) is 6.23. The van der Waals surface area contributed by atoms with Gasteiger partial charge in [-0.2, -0.15) is 0 Å². The summed E-state index contributed by atoms with van der Waals surface area (Å²) in [5.41, 5.74) is 6.10. The molecule has 0 unspecified atom stereocenters. The van der Waals surface area contributed by atoms with Crippen LogP contribution in [-0.2, 0) is 4.74 Å². The Morgan fingerprint density at radius 3 is 2.70 bits per heavy atom. The van der Waals surface area contributed by atoms with Gasteiger partial charge in [-0.15, -0.1) is 0 Å². The summed E-state index contributed by atoms with van der Waals surface area (Å²) in [4.78, 5) is 28.0. The fraction of sp³-hybridized carbons (Fsp3) is 0.467. The Balaban J connectivity index is 2.19. The number of ether oxygens (including phenoxy) is 1. The van der Waals surface area contributed by atoms with E-state index in [4.69, 9.17) is 10.5 Å². The van der Waals surface area contributed by atoms with Crippen LogP contribution in [0.5, 0.6) is 0 Å². The van der Waals surface area contributed by atoms with Crippen molar-refractivity contribution in [3.63, 3.8) is 0 Å². The molecular weight excluding hydrogens is 300 g/mol. The second-order valence-electron chi connectivity index (χ2n) is 6.26. The van der Waals surface area contributed by atoms with Crippen LogP contribution in [0.4, 0.5) is 16.3 Å². The molecule has 0 spiro atoms. The lowest BCUT2D eigenvalue weighted by molar-refractivity contribution is -0.384. The van der Waals surface area contributed by atoms with Gasteiger partial charge in [-0.3, -0.25) is 10.1 Å². The lowest BCUT2D eigenvalue weighted by Gasteiger charge is -2.29. The predicted molar refractivity (Wildman–Crippen MR) is 85.7 cm³/mol. The molecule has 2 N–H and O–H groups in total. The molecule has 2 rings (SSSR count). The van der Waals surface area contributed by atoms with E-state index in [0.29, 0.717) is 25.1 Å². The zero-order valence-corrected chi connectivity index (χ0v) is 13.4. The number of anilines is 1. The van der Waals surface area contributed by atoms with Crippen LogP contribution in [0.2, 0.25) is 0 Å². The first kappa shape index (κ1) is 16.7. The number of hydrogen-bond donors (Lipinski definition) is 1. The number of carbonyl (C=O) groups excluding carboxylic acids is 1. The molecule has 0 saturated carbocycles. The van der Waals surface area contributed by atoms with Crippen LogP contribution in [0, 0.1) is 10.1 Å². The first-order valence-electron chi connectivity index (χ1n) is 7.25. The zero-order chi connectivity index (χ0) is 17.2. The first-order valence-corrected chi connectivity index (χ1v) is 7.25. The Morgan fingerprint density at radius 1 is 1.48 bits per heavy atom. The van der Waals surface area contributed by atoms with Gasteiger partial charge in [0.15, 0.2) is 0 Å². The molecule has 1 aliphatic heterocycles. The highest BCUT2D eigenvalue weighted by atomic mass is 16.6. The molecule has 1 aromatic heterocycles. The van der Waals surface area contributed by atoms with E-state index in [1.807, 2.05) is 0 Å². The van der Waals surface area contributed by atoms with Gasteiger partial charge in [0.25, 0.3) is 0 Å². The Morgan fingerprint density at radius 2 is 2.17 bits per heavy atom. The summed E-state index contributed by atoms with van der Waals surface area (Å²) in [6.45, 7) is 6.18. The van der Waals surface area contributed by atoms with Crippen molar-refractivity contribution in [2.75, 3.05) is 18.8 Å². The minimum absolute atomic E-state index is 0.108. The van der Waals surface area contributed by atoms with E-state index in [2.05, 4.69) is 4.98 Å². The maximum Gasteiger partial charge on any atom is 0.410 e. The van der Waals surface area contributed by atoms with Crippen LogP contribution in [0.25, 0.3) is 5.57 Å². The van der Waals surface area contributed by atoms with Gasteiger partial charge in [0, 0.05) is 19.3 Å². The maximum absolute atomic E-state index is 12.0. The Bertz CT molecular complexity index is 664. The highest BCUT2D eigenvalue weighted by Crippen LogP contribution is 2.33. The minimum Gasteiger partial charge on any atom is -0.444 e. The van der Waals surface area contributed by atoms with Crippen molar-refractivity contribution < 1.29 is 14.5 Å². The fourth-order valence-electron chi connectivity index (χ4n) is 2.33. The molecule has 8 nitrogen and oxygen atoms in total. The number of hydrogen-bond acceptors (Lipinski definition) is 6. The number of nitro groups is 1. The van der Waals surface area contributed by atoms with Crippen LogP contribution < -0.4 is 5.73 Å². The third-order valence-electron chi connectivity index (χ3n) is 3.34. The van der Waals surface area contributed by atoms with Crippen LogP contribution in [0.1, 0.15) is 32.8 Å². The van der Waals surface area contributed by atoms with Crippen molar-refractivity contribution in [3.8, 4) is 0 Å². The topological polar surface area (TPSA) is 112 Å². The van der Waals surface area contributed by atoms with E-state index in [1.54, 1.807) is 37.8 Å². The third kappa shape index (κ3) is 3.97. The third-order valence-corrected chi connectivity index (χ3v) is 3.34. The number of nitrogen functional groups attached to an aromatic ring is 1. The van der Waals surface area contributed by atoms with Gasteiger partial charge in [-0.1, -0.05) is 6.08 Å². The van der Waals surface area contributed by atoms with Crippen LogP contribution in [-0.4, -0.2) is 39.6 Å². The average Bonchev–Trinajstić information content (AvgIpc) is 2.45. The molecular formula is C15H20N4O4. The number of nitrogens with two attached hydrogens (primary N) is 1. The number of nitrogens with zero attached hydrogens (tertiary/aromatic N) is 3. The zero-order valence-electron chi connectivity index (χ0n) is 13.4. The molecule has 23 heavy (non-hydrogen) atoms. The first-order chi connectivity index (χ1) is 10.7. The van der Waals surface area contributed by atoms with E-state index in [1.165, 1.54) is 6.20 Å². The molecule has 2 heterocycles. The van der Waals surface area contributed by atoms with Crippen LogP contribution in [0.3, 0.4) is 0 Å². The quantitative estimate of drug-likeness (QED) is 0.662. The summed E-state index contributed by atoms with van der Waals surface area (Å²) < 4.78 is 5.32. The van der Waals surface area contributed by atoms with Gasteiger partial charge in [0.1, 0.15) is 5.60 Å². The molecule has 0 bridgehead atoms. The molecule has 0 radical (unpaired) electrons. The summed E-state index contributed by atoms with van der Waals surface area (Å²) >= 11 is 0. The Kier molecular flexibility index (Phi) is 4.53. The normalized spacial score (nSPS) is 15.1. The fourth-order valence-corrected chi connectivity index (χ4v) is 2.33. The summed E-state index contributed by atoms with van der Waals surface area (Å²) in [6.07, 6.45) is 3.33. The summed E-state index contributed by atoms with van der Waals surface area (Å²) in [5, 5.41) is 11.2. The highest BCUT2D eigenvalue weighted by Gasteiger charge is 2.27. The van der Waals surface area contributed by atoms with Gasteiger partial charge in [0.05, 0.1) is 10.5 Å². The minimum atomic E-state index is -0.556. The molecule has 0 fully saturated rings. The molecule has 124 valence electrons. The van der Waals surface area contributed by atoms with Crippen molar-refractivity contribution >= 4 is 23.2 Å². The highest BCUT2D eigenvalue weighted by molar-refractivity contribution is 5.79. The molecule has 8 heteroatoms. The van der Waals surface area contributed by atoms with Crippen LogP contribution in [0.15, 0.2) is 18.3 Å². The number of amides is 1. The SMILES string of the molecule is CC(C)(C)OC(=O)N1CC=C(c2ccnc(N)c2[N+](=O)[O-])CC1. The smallest absolute Gasteiger partial charge is 0.410 e. The van der Waals surface area contributed by atoms with Crippen molar-refractivity contribution in [2.45, 2.75) is 32.8 Å². The molecule has 0 aromatic carbocycles. The number of carbonyl (C=O) groups is 1. The monoisotopic (exact) mass is 320 g/mol. The molecule has 0 saturated heterocycles. The van der Waals surface area contributed by atoms with Crippen molar-refractivity contribution in [1.82, 2.24) is 9.88 Å². The molecule has 1 amide bonds. The summed E-state index contributed by atoms with van der Waals surface area (Å²) in [6, 6.07) is 1.57. The number of pyridine rings is 1. The van der Waals surface area contributed by atoms with E-state index >= 15 is 0 Å². The van der Waals surface area contributed by atoms with E-state index in [9.17, 15) is 14.9 Å². The maximum atomic E-state index is 12.0. The Hall–Kier alpha value is -2.64. The van der Waals surface area contributed by atoms with E-state index in [0.717, 1.165) is 5.57 Å². The molecule has 0 aliphatic carbocycles. The summed E-state index contributed by atoms with van der Waals surface area (Å²) in [5.74, 6) is -0.108. The summed E-state index contributed by atoms with van der Waals surface area (Å²) in [7, 11) is 0. The van der Waals surface area contributed by atoms with Gasteiger partial charge in [-0.25, -0.2) is 9.78 Å². The van der Waals surface area contributed by atoms with Crippen LogP contribution >= 0.6 is 0 Å². The van der Waals surface area contributed by atoms with Gasteiger partial charge in [-0.05, 0) is 38.8 Å². The van der Waals surface area contributed by atoms with E-state index < -0.39 is 16.6 Å². The molecule has 0 atom stereocenters. The number of aromatic nitrogens is 1. The van der Waals surface area contributed by atoms with E-state index in [-0.39, 0.29) is 11.5 Å². The lowest BCUT2D eigenvalue weighted by Crippen LogP contribution is -2.39. The van der Waals surface area contributed by atoms with Gasteiger partial charge < -0.3 is 15.4 Å². The number of rotatable bonds is 2. The van der Waals surface area contributed by atoms with Gasteiger partial charge in [0.2, 0.25) is 5.82 Å². The predicted octanol–water partition coefficient (Wildman–Crippen LogP) is 2.60. The van der Waals surface area contributed by atoms with Gasteiger partial charge >= 0.3 is 11.8 Å². The Labute approximate surface area is 134 Å². The molecule has 1 aliphatic rings. The molecule has 1 aromatic rings. The average molecular weight is 320 g/mol. The van der Waals surface area contributed by atoms with Crippen molar-refractivity contribution in [1.29, 1.82) is 0 Å². The lowest BCUT2D eigenvalue weighted by atomic mass is 9.99.